The van der Waals surface area contributed by atoms with Crippen molar-refractivity contribution >= 4 is 24.6 Å². The number of hydrogen-bond donors (Lipinski definition) is 3. The lowest BCUT2D eigenvalue weighted by Gasteiger charge is -2.16. The van der Waals surface area contributed by atoms with Crippen LogP contribution in [0.3, 0.4) is 0 Å². The van der Waals surface area contributed by atoms with Crippen LogP contribution >= 0.6 is 7.60 Å². The predicted octanol–water partition coefficient (Wildman–Crippen LogP) is -0.111. The molecule has 0 radical (unpaired) electrons. The number of aliphatic hydroxyl groups excluding tert-OH is 1. The molecule has 0 saturated carbocycles. The Labute approximate surface area is 125 Å². The van der Waals surface area contributed by atoms with E-state index >= 15 is 0 Å². The Kier molecular flexibility index (Phi) is 3.87. The van der Waals surface area contributed by atoms with Crippen LogP contribution in [0.1, 0.15) is 12.6 Å². The standard InChI is InChI=1S/C11H16N5O5P/c1-22(18,19)20-3-7-6(17)2-8(21-7)16-5-15-9-10(12)13-4-14-11(9)16/h4-8,17H,2-3H2,1H3,(H,18,19)(H2,12,13,14)/t6?,7-,8-/m1/s1. The second-order valence-corrected chi connectivity index (χ2v) is 6.98. The van der Waals surface area contributed by atoms with E-state index < -0.39 is 26.0 Å². The molecule has 4 atom stereocenters. The second-order valence-electron chi connectivity index (χ2n) is 5.11. The third-order valence-electron chi connectivity index (χ3n) is 3.38. The lowest BCUT2D eigenvalue weighted by molar-refractivity contribution is -0.0394. The van der Waals surface area contributed by atoms with Gasteiger partial charge in [0.2, 0.25) is 0 Å². The van der Waals surface area contributed by atoms with Crippen molar-refractivity contribution in [2.45, 2.75) is 24.9 Å². The molecule has 0 spiro atoms. The van der Waals surface area contributed by atoms with Gasteiger partial charge in [-0.25, -0.2) is 15.0 Å². The van der Waals surface area contributed by atoms with Gasteiger partial charge in [0.15, 0.2) is 11.5 Å². The first-order valence-corrected chi connectivity index (χ1v) is 8.59. The van der Waals surface area contributed by atoms with Gasteiger partial charge >= 0.3 is 7.60 Å². The zero-order valence-electron chi connectivity index (χ0n) is 11.7. The molecule has 3 rings (SSSR count). The van der Waals surface area contributed by atoms with E-state index in [2.05, 4.69) is 15.0 Å². The largest absolute Gasteiger partial charge is 0.390 e. The number of nitrogens with zero attached hydrogens (tertiary/aromatic N) is 4. The number of ether oxygens (including phenoxy) is 1. The molecule has 2 unspecified atom stereocenters. The number of anilines is 1. The molecule has 10 nitrogen and oxygen atoms in total. The highest BCUT2D eigenvalue weighted by Gasteiger charge is 2.36. The van der Waals surface area contributed by atoms with Crippen LogP contribution in [0.25, 0.3) is 11.2 Å². The third kappa shape index (κ3) is 2.96. The molecular formula is C11H16N5O5P. The van der Waals surface area contributed by atoms with E-state index in [0.29, 0.717) is 11.2 Å². The molecule has 3 heterocycles. The predicted molar refractivity (Wildman–Crippen MR) is 76.0 cm³/mol. The van der Waals surface area contributed by atoms with Gasteiger partial charge in [0.05, 0.1) is 19.0 Å². The van der Waals surface area contributed by atoms with Crippen LogP contribution in [-0.4, -0.2) is 55.0 Å². The maximum atomic E-state index is 11.2. The summed E-state index contributed by atoms with van der Waals surface area (Å²) in [5.74, 6) is 0.259. The molecule has 0 amide bonds. The molecule has 0 bridgehead atoms. The van der Waals surface area contributed by atoms with Gasteiger partial charge in [0, 0.05) is 13.1 Å². The van der Waals surface area contributed by atoms with Crippen molar-refractivity contribution in [3.8, 4) is 0 Å². The summed E-state index contributed by atoms with van der Waals surface area (Å²) in [6.45, 7) is 0.903. The van der Waals surface area contributed by atoms with Gasteiger partial charge in [0.25, 0.3) is 0 Å². The number of imidazole rings is 1. The van der Waals surface area contributed by atoms with E-state index in [0.717, 1.165) is 6.66 Å². The van der Waals surface area contributed by atoms with E-state index in [4.69, 9.17) is 19.9 Å². The highest BCUT2D eigenvalue weighted by molar-refractivity contribution is 7.51. The van der Waals surface area contributed by atoms with E-state index in [9.17, 15) is 9.67 Å². The van der Waals surface area contributed by atoms with Gasteiger partial charge in [-0.15, -0.1) is 0 Å². The van der Waals surface area contributed by atoms with E-state index in [1.165, 1.54) is 12.7 Å². The lowest BCUT2D eigenvalue weighted by atomic mass is 10.2. The molecule has 22 heavy (non-hydrogen) atoms. The average molecular weight is 329 g/mol. The maximum absolute atomic E-state index is 11.2. The van der Waals surface area contributed by atoms with Crippen LogP contribution in [0.15, 0.2) is 12.7 Å². The first-order chi connectivity index (χ1) is 10.3. The molecule has 0 aliphatic carbocycles. The summed E-state index contributed by atoms with van der Waals surface area (Å²) in [7, 11) is -3.62. The molecular weight excluding hydrogens is 313 g/mol. The minimum Gasteiger partial charge on any atom is -0.390 e. The summed E-state index contributed by atoms with van der Waals surface area (Å²) in [5, 5.41) is 10.0. The highest BCUT2D eigenvalue weighted by atomic mass is 31.2. The average Bonchev–Trinajstić information content (AvgIpc) is 3.00. The highest BCUT2D eigenvalue weighted by Crippen LogP contribution is 2.39. The van der Waals surface area contributed by atoms with Crippen molar-refractivity contribution in [3.63, 3.8) is 0 Å². The van der Waals surface area contributed by atoms with E-state index in [-0.39, 0.29) is 18.8 Å². The number of nitrogen functional groups attached to an aromatic ring is 1. The number of fused-ring (bicyclic) bond motifs is 1. The minimum absolute atomic E-state index is 0.175. The summed E-state index contributed by atoms with van der Waals surface area (Å²) in [6, 6.07) is 0. The van der Waals surface area contributed by atoms with Crippen LogP contribution in [0.5, 0.6) is 0 Å². The van der Waals surface area contributed by atoms with Gasteiger partial charge in [-0.05, 0) is 0 Å². The molecule has 2 aromatic rings. The van der Waals surface area contributed by atoms with Gasteiger partial charge in [-0.1, -0.05) is 0 Å². The van der Waals surface area contributed by atoms with Crippen molar-refractivity contribution in [1.29, 1.82) is 0 Å². The summed E-state index contributed by atoms with van der Waals surface area (Å²) >= 11 is 0. The Morgan fingerprint density at radius 1 is 1.55 bits per heavy atom. The fraction of sp³-hybridized carbons (Fsp3) is 0.545. The van der Waals surface area contributed by atoms with Crippen molar-refractivity contribution in [2.24, 2.45) is 0 Å². The number of aromatic nitrogens is 4. The number of nitrogens with two attached hydrogens (primary N) is 1. The van der Waals surface area contributed by atoms with Crippen LogP contribution in [-0.2, 0) is 13.8 Å². The zero-order chi connectivity index (χ0) is 15.9. The van der Waals surface area contributed by atoms with Crippen molar-refractivity contribution in [1.82, 2.24) is 19.5 Å². The minimum atomic E-state index is -3.62. The van der Waals surface area contributed by atoms with Gasteiger partial charge < -0.3 is 25.0 Å². The molecule has 1 aliphatic rings. The van der Waals surface area contributed by atoms with E-state index in [1.807, 2.05) is 0 Å². The summed E-state index contributed by atoms with van der Waals surface area (Å²) in [6.07, 6.45) is 1.06. The number of hydrogen-bond acceptors (Lipinski definition) is 8. The van der Waals surface area contributed by atoms with Gasteiger partial charge in [-0.3, -0.25) is 9.13 Å². The normalized spacial score (nSPS) is 28.0. The number of rotatable bonds is 4. The Morgan fingerprint density at radius 3 is 3.05 bits per heavy atom. The Bertz CT molecular complexity index is 731. The van der Waals surface area contributed by atoms with Gasteiger partial charge in [-0.2, -0.15) is 0 Å². The van der Waals surface area contributed by atoms with Crippen LogP contribution in [0.2, 0.25) is 0 Å². The first kappa shape index (κ1) is 15.3. The van der Waals surface area contributed by atoms with Crippen molar-refractivity contribution in [2.75, 3.05) is 19.0 Å². The molecule has 1 fully saturated rings. The Morgan fingerprint density at radius 2 is 2.32 bits per heavy atom. The van der Waals surface area contributed by atoms with Crippen LogP contribution in [0, 0.1) is 0 Å². The molecule has 120 valence electrons. The summed E-state index contributed by atoms with van der Waals surface area (Å²) in [5.41, 5.74) is 6.67. The third-order valence-corrected chi connectivity index (χ3v) is 4.01. The lowest BCUT2D eigenvalue weighted by Crippen LogP contribution is -2.25. The molecule has 0 aromatic carbocycles. The summed E-state index contributed by atoms with van der Waals surface area (Å²) < 4.78 is 23.3. The van der Waals surface area contributed by atoms with Crippen LogP contribution < -0.4 is 5.73 Å². The summed E-state index contributed by atoms with van der Waals surface area (Å²) in [4.78, 5) is 21.2. The first-order valence-electron chi connectivity index (χ1n) is 6.56. The van der Waals surface area contributed by atoms with Crippen LogP contribution in [0.4, 0.5) is 5.82 Å². The maximum Gasteiger partial charge on any atom is 0.325 e. The molecule has 2 aromatic heterocycles. The quantitative estimate of drug-likeness (QED) is 0.654. The molecule has 11 heteroatoms. The topological polar surface area (TPSA) is 146 Å². The van der Waals surface area contributed by atoms with E-state index in [1.54, 1.807) is 4.57 Å². The second kappa shape index (κ2) is 5.56. The fourth-order valence-corrected chi connectivity index (χ4v) is 2.75. The van der Waals surface area contributed by atoms with Crippen molar-refractivity contribution in [3.05, 3.63) is 12.7 Å². The monoisotopic (exact) mass is 329 g/mol. The zero-order valence-corrected chi connectivity index (χ0v) is 12.6. The molecule has 1 saturated heterocycles. The molecule has 4 N–H and O–H groups in total. The Hall–Kier alpha value is -1.58. The Balaban J connectivity index is 1.78. The van der Waals surface area contributed by atoms with Crippen molar-refractivity contribution < 1.29 is 23.8 Å². The number of aliphatic hydroxyl groups is 1. The smallest absolute Gasteiger partial charge is 0.325 e. The van der Waals surface area contributed by atoms with Gasteiger partial charge in [0.1, 0.15) is 24.2 Å². The molecule has 1 aliphatic heterocycles. The SMILES string of the molecule is CP(=O)(O)OC[C@H]1O[C@@H](n2cnc3c(N)ncnc32)CC1O. The fourth-order valence-electron chi connectivity index (χ4n) is 2.33.